The molecule has 124 valence electrons. The van der Waals surface area contributed by atoms with Crippen molar-refractivity contribution < 1.29 is 14.4 Å². The van der Waals surface area contributed by atoms with Crippen LogP contribution in [-0.4, -0.2) is 52.0 Å². The molecule has 0 spiro atoms. The number of hydrogen-bond donors (Lipinski definition) is 1. The molecule has 1 aromatic heterocycles. The second-order valence-electron chi connectivity index (χ2n) is 6.55. The largest absolute Gasteiger partial charge is 0.390 e. The third-order valence-electron chi connectivity index (χ3n) is 3.94. The van der Waals surface area contributed by atoms with Gasteiger partial charge in [-0.1, -0.05) is 23.4 Å². The number of nitrogens with zero attached hydrogens (tertiary/aromatic N) is 3. The van der Waals surface area contributed by atoms with Gasteiger partial charge in [-0.3, -0.25) is 4.90 Å². The first-order valence-electron chi connectivity index (χ1n) is 7.97. The summed E-state index contributed by atoms with van der Waals surface area (Å²) in [6.07, 6.45) is 0.535. The van der Waals surface area contributed by atoms with E-state index >= 15 is 0 Å². The van der Waals surface area contributed by atoms with E-state index in [9.17, 15) is 5.11 Å². The van der Waals surface area contributed by atoms with Crippen molar-refractivity contribution >= 4 is 0 Å². The highest BCUT2D eigenvalue weighted by Gasteiger charge is 2.27. The molecule has 1 aliphatic rings. The SMILES string of the molecule is CC(C)(O)CCN1CCO[C@H](c2noc(-c3ccccc3)n2)C1. The van der Waals surface area contributed by atoms with Gasteiger partial charge in [0.1, 0.15) is 6.10 Å². The maximum absolute atomic E-state index is 9.86. The van der Waals surface area contributed by atoms with Gasteiger partial charge in [-0.05, 0) is 32.4 Å². The van der Waals surface area contributed by atoms with Gasteiger partial charge in [0.25, 0.3) is 5.89 Å². The lowest BCUT2D eigenvalue weighted by atomic mass is 10.1. The number of hydrogen-bond acceptors (Lipinski definition) is 6. The van der Waals surface area contributed by atoms with Crippen molar-refractivity contribution in [2.24, 2.45) is 0 Å². The zero-order valence-electron chi connectivity index (χ0n) is 13.6. The molecule has 1 aromatic carbocycles. The summed E-state index contributed by atoms with van der Waals surface area (Å²) < 4.78 is 11.1. The van der Waals surface area contributed by atoms with Gasteiger partial charge in [-0.15, -0.1) is 0 Å². The Balaban J connectivity index is 1.64. The zero-order chi connectivity index (χ0) is 16.3. The van der Waals surface area contributed by atoms with Gasteiger partial charge < -0.3 is 14.4 Å². The Morgan fingerprint density at radius 2 is 2.09 bits per heavy atom. The standard InChI is InChI=1S/C17H23N3O3/c1-17(2,21)8-9-20-10-11-22-14(12-20)15-18-16(23-19-15)13-6-4-3-5-7-13/h3-7,14,21H,8-12H2,1-2H3/t14-/m0/s1. The smallest absolute Gasteiger partial charge is 0.258 e. The molecule has 1 saturated heterocycles. The summed E-state index contributed by atoms with van der Waals surface area (Å²) in [7, 11) is 0. The molecule has 0 saturated carbocycles. The van der Waals surface area contributed by atoms with E-state index in [-0.39, 0.29) is 6.10 Å². The first-order chi connectivity index (χ1) is 11.0. The Morgan fingerprint density at radius 1 is 1.30 bits per heavy atom. The van der Waals surface area contributed by atoms with Crippen LogP contribution in [0.1, 0.15) is 32.2 Å². The minimum absolute atomic E-state index is 0.188. The number of benzene rings is 1. The fourth-order valence-corrected chi connectivity index (χ4v) is 2.56. The van der Waals surface area contributed by atoms with Crippen LogP contribution in [0.2, 0.25) is 0 Å². The van der Waals surface area contributed by atoms with Crippen LogP contribution in [0.5, 0.6) is 0 Å². The summed E-state index contributed by atoms with van der Waals surface area (Å²) in [6, 6.07) is 9.71. The molecular weight excluding hydrogens is 294 g/mol. The van der Waals surface area contributed by atoms with Crippen molar-refractivity contribution in [3.63, 3.8) is 0 Å². The molecule has 6 nitrogen and oxygen atoms in total. The summed E-state index contributed by atoms with van der Waals surface area (Å²) in [4.78, 5) is 6.74. The Morgan fingerprint density at radius 3 is 2.83 bits per heavy atom. The third-order valence-corrected chi connectivity index (χ3v) is 3.94. The topological polar surface area (TPSA) is 71.6 Å². The minimum Gasteiger partial charge on any atom is -0.390 e. The summed E-state index contributed by atoms with van der Waals surface area (Å²) >= 11 is 0. The van der Waals surface area contributed by atoms with Crippen LogP contribution in [0.4, 0.5) is 0 Å². The highest BCUT2D eigenvalue weighted by atomic mass is 16.5. The van der Waals surface area contributed by atoms with E-state index < -0.39 is 5.60 Å². The van der Waals surface area contributed by atoms with Gasteiger partial charge in [-0.25, -0.2) is 0 Å². The molecule has 1 fully saturated rings. The average Bonchev–Trinajstić information content (AvgIpc) is 3.03. The molecular formula is C17H23N3O3. The van der Waals surface area contributed by atoms with E-state index in [4.69, 9.17) is 9.26 Å². The molecule has 1 N–H and O–H groups in total. The van der Waals surface area contributed by atoms with Crippen LogP contribution >= 0.6 is 0 Å². The molecule has 0 unspecified atom stereocenters. The molecule has 0 bridgehead atoms. The van der Waals surface area contributed by atoms with Crippen molar-refractivity contribution in [1.82, 2.24) is 15.0 Å². The predicted octanol–water partition coefficient (Wildman–Crippen LogP) is 2.27. The molecule has 2 aromatic rings. The van der Waals surface area contributed by atoms with Crippen molar-refractivity contribution in [3.05, 3.63) is 36.2 Å². The van der Waals surface area contributed by atoms with Crippen molar-refractivity contribution in [2.75, 3.05) is 26.2 Å². The van der Waals surface area contributed by atoms with Gasteiger partial charge in [0.15, 0.2) is 0 Å². The highest BCUT2D eigenvalue weighted by molar-refractivity contribution is 5.52. The Hall–Kier alpha value is -1.76. The summed E-state index contributed by atoms with van der Waals surface area (Å²) in [5.74, 6) is 1.09. The van der Waals surface area contributed by atoms with E-state index in [1.54, 1.807) is 0 Å². The van der Waals surface area contributed by atoms with Crippen molar-refractivity contribution in [3.8, 4) is 11.5 Å². The lowest BCUT2D eigenvalue weighted by Gasteiger charge is -2.32. The van der Waals surface area contributed by atoms with Crippen LogP contribution in [-0.2, 0) is 4.74 Å². The Kier molecular flexibility index (Phi) is 4.75. The monoisotopic (exact) mass is 317 g/mol. The van der Waals surface area contributed by atoms with Crippen molar-refractivity contribution in [1.29, 1.82) is 0 Å². The van der Waals surface area contributed by atoms with E-state index in [1.165, 1.54) is 0 Å². The molecule has 3 rings (SSSR count). The lowest BCUT2D eigenvalue weighted by molar-refractivity contribution is -0.0427. The second kappa shape index (κ2) is 6.78. The molecule has 23 heavy (non-hydrogen) atoms. The number of aliphatic hydroxyl groups is 1. The van der Waals surface area contributed by atoms with Gasteiger partial charge in [-0.2, -0.15) is 4.98 Å². The first-order valence-corrected chi connectivity index (χ1v) is 7.97. The third kappa shape index (κ3) is 4.37. The fraction of sp³-hybridized carbons (Fsp3) is 0.529. The van der Waals surface area contributed by atoms with Crippen LogP contribution in [0.3, 0.4) is 0 Å². The molecule has 0 amide bonds. The highest BCUT2D eigenvalue weighted by Crippen LogP contribution is 2.24. The molecule has 0 radical (unpaired) electrons. The van der Waals surface area contributed by atoms with E-state index in [2.05, 4.69) is 15.0 Å². The maximum Gasteiger partial charge on any atom is 0.258 e. The quantitative estimate of drug-likeness (QED) is 0.912. The van der Waals surface area contributed by atoms with Gasteiger partial charge in [0.05, 0.1) is 12.2 Å². The number of rotatable bonds is 5. The van der Waals surface area contributed by atoms with E-state index in [0.29, 0.717) is 24.9 Å². The molecule has 1 aliphatic heterocycles. The maximum atomic E-state index is 9.86. The molecule has 1 atom stereocenters. The molecule has 2 heterocycles. The average molecular weight is 317 g/mol. The number of ether oxygens (including phenoxy) is 1. The summed E-state index contributed by atoms with van der Waals surface area (Å²) in [5, 5.41) is 13.9. The summed E-state index contributed by atoms with van der Waals surface area (Å²) in [6.45, 7) is 6.69. The Bertz CT molecular complexity index is 622. The van der Waals surface area contributed by atoms with Gasteiger partial charge in [0, 0.05) is 25.2 Å². The van der Waals surface area contributed by atoms with E-state index in [1.807, 2.05) is 44.2 Å². The number of aromatic nitrogens is 2. The van der Waals surface area contributed by atoms with Gasteiger partial charge in [0.2, 0.25) is 5.82 Å². The Labute approximate surface area is 136 Å². The van der Waals surface area contributed by atoms with Crippen LogP contribution < -0.4 is 0 Å². The second-order valence-corrected chi connectivity index (χ2v) is 6.55. The van der Waals surface area contributed by atoms with Crippen molar-refractivity contribution in [2.45, 2.75) is 32.0 Å². The van der Waals surface area contributed by atoms with Crippen LogP contribution in [0.25, 0.3) is 11.5 Å². The predicted molar refractivity (Wildman–Crippen MR) is 85.8 cm³/mol. The first kappa shape index (κ1) is 16.1. The number of morpholine rings is 1. The van der Waals surface area contributed by atoms with Crippen LogP contribution in [0.15, 0.2) is 34.9 Å². The van der Waals surface area contributed by atoms with E-state index in [0.717, 1.165) is 25.1 Å². The van der Waals surface area contributed by atoms with Crippen LogP contribution in [0, 0.1) is 0 Å². The zero-order valence-corrected chi connectivity index (χ0v) is 13.6. The molecule has 0 aliphatic carbocycles. The minimum atomic E-state index is -0.652. The molecule has 6 heteroatoms. The summed E-state index contributed by atoms with van der Waals surface area (Å²) in [5.41, 5.74) is 0.251. The normalized spacial score (nSPS) is 19.9. The van der Waals surface area contributed by atoms with Gasteiger partial charge >= 0.3 is 0 Å². The lowest BCUT2D eigenvalue weighted by Crippen LogP contribution is -2.41. The fourth-order valence-electron chi connectivity index (χ4n) is 2.56.